The lowest BCUT2D eigenvalue weighted by Crippen LogP contribution is -2.05. The molecule has 4 nitrogen and oxygen atoms in total. The summed E-state index contributed by atoms with van der Waals surface area (Å²) in [7, 11) is 0. The third-order valence-corrected chi connectivity index (χ3v) is 4.89. The molecule has 0 spiro atoms. The number of nitrogens with two attached hydrogens (primary N) is 2. The number of anilines is 1. The van der Waals surface area contributed by atoms with Gasteiger partial charge >= 0.3 is 0 Å². The lowest BCUT2D eigenvalue weighted by molar-refractivity contribution is 0.347. The number of aliphatic imine (C=N–C) groups is 1. The fourth-order valence-corrected chi connectivity index (χ4v) is 3.49. The molecule has 3 aromatic carbocycles. The number of aryl methyl sites for hydroxylation is 1. The second-order valence-electron chi connectivity index (χ2n) is 6.83. The van der Waals surface area contributed by atoms with Gasteiger partial charge in [0.2, 0.25) is 0 Å². The number of benzene rings is 3. The zero-order valence-corrected chi connectivity index (χ0v) is 15.4. The molecule has 0 aliphatic carbocycles. The summed E-state index contributed by atoms with van der Waals surface area (Å²) in [6, 6.07) is 16.6. The molecule has 3 aromatic rings. The molecule has 4 rings (SSSR count). The van der Waals surface area contributed by atoms with Crippen LogP contribution in [0, 0.1) is 6.92 Å². The maximum atomic E-state index is 6.02. The Bertz CT molecular complexity index is 1070. The van der Waals surface area contributed by atoms with Crippen LogP contribution in [0.4, 0.5) is 5.69 Å². The Hall–Kier alpha value is -3.11. The van der Waals surface area contributed by atoms with Gasteiger partial charge < -0.3 is 16.2 Å². The normalized spacial score (nSPS) is 13.2. The topological polar surface area (TPSA) is 73.6 Å². The van der Waals surface area contributed by atoms with Crippen molar-refractivity contribution in [3.05, 3.63) is 71.4 Å². The van der Waals surface area contributed by atoms with Crippen LogP contribution >= 0.6 is 0 Å². The van der Waals surface area contributed by atoms with Crippen molar-refractivity contribution in [2.24, 2.45) is 10.7 Å². The maximum absolute atomic E-state index is 6.02. The molecule has 27 heavy (non-hydrogen) atoms. The van der Waals surface area contributed by atoms with Gasteiger partial charge in [0.1, 0.15) is 12.4 Å². The summed E-state index contributed by atoms with van der Waals surface area (Å²) in [4.78, 5) is 4.28. The van der Waals surface area contributed by atoms with E-state index in [9.17, 15) is 0 Å². The van der Waals surface area contributed by atoms with E-state index in [4.69, 9.17) is 16.2 Å². The van der Waals surface area contributed by atoms with Crippen LogP contribution < -0.4 is 16.2 Å². The molecule has 0 radical (unpaired) electrons. The monoisotopic (exact) mass is 357 g/mol. The van der Waals surface area contributed by atoms with Crippen molar-refractivity contribution >= 4 is 22.7 Å². The van der Waals surface area contributed by atoms with Gasteiger partial charge in [0.05, 0.1) is 5.70 Å². The first-order chi connectivity index (χ1) is 13.1. The summed E-state index contributed by atoms with van der Waals surface area (Å²) in [5.41, 5.74) is 18.2. The molecule has 1 aliphatic heterocycles. The molecule has 0 aromatic heterocycles. The summed E-state index contributed by atoms with van der Waals surface area (Å²) in [5, 5.41) is 2.36. The van der Waals surface area contributed by atoms with E-state index in [1.54, 1.807) is 0 Å². The van der Waals surface area contributed by atoms with Gasteiger partial charge in [-0.2, -0.15) is 0 Å². The van der Waals surface area contributed by atoms with Gasteiger partial charge in [-0.1, -0.05) is 24.3 Å². The van der Waals surface area contributed by atoms with Gasteiger partial charge in [-0.15, -0.1) is 0 Å². The van der Waals surface area contributed by atoms with Gasteiger partial charge in [0.15, 0.2) is 0 Å². The molecule has 0 bridgehead atoms. The Labute approximate surface area is 159 Å². The van der Waals surface area contributed by atoms with E-state index in [-0.39, 0.29) is 0 Å². The van der Waals surface area contributed by atoms with Gasteiger partial charge in [0, 0.05) is 30.4 Å². The summed E-state index contributed by atoms with van der Waals surface area (Å²) in [6.45, 7) is 2.98. The van der Waals surface area contributed by atoms with Crippen LogP contribution in [-0.4, -0.2) is 12.8 Å². The van der Waals surface area contributed by atoms with Crippen molar-refractivity contribution in [1.29, 1.82) is 0 Å². The number of rotatable bonds is 5. The zero-order valence-electron chi connectivity index (χ0n) is 15.4. The fraction of sp³-hybridized carbons (Fsp3) is 0.174. The minimum absolute atomic E-state index is 0.422. The van der Waals surface area contributed by atoms with E-state index in [0.717, 1.165) is 45.6 Å². The summed E-state index contributed by atoms with van der Waals surface area (Å²) in [5.74, 6) is 0.810. The molecule has 0 atom stereocenters. The van der Waals surface area contributed by atoms with E-state index in [0.29, 0.717) is 13.2 Å². The first kappa shape index (κ1) is 17.3. The third kappa shape index (κ3) is 3.57. The first-order valence-electron chi connectivity index (χ1n) is 9.11. The van der Waals surface area contributed by atoms with Gasteiger partial charge in [0.25, 0.3) is 0 Å². The molecule has 0 saturated carbocycles. The number of ether oxygens (including phenoxy) is 1. The maximum Gasteiger partial charge on any atom is 0.130 e. The van der Waals surface area contributed by atoms with Crippen molar-refractivity contribution in [3.63, 3.8) is 0 Å². The SMILES string of the molecule is Cc1cc(N)cc2cc(-c3ccc(OCC4=CCC=N4)c(CN)c3)ccc12. The number of allylic oxidation sites excluding steroid dienone is 1. The molecule has 0 fully saturated rings. The predicted molar refractivity (Wildman–Crippen MR) is 113 cm³/mol. The second kappa shape index (κ2) is 7.25. The molecular formula is C23H23N3O. The fourth-order valence-electron chi connectivity index (χ4n) is 3.49. The molecule has 0 unspecified atom stereocenters. The minimum Gasteiger partial charge on any atom is -0.487 e. The number of nitrogen functional groups attached to an aromatic ring is 1. The number of hydrogen-bond acceptors (Lipinski definition) is 4. The lowest BCUT2D eigenvalue weighted by atomic mass is 9.97. The molecule has 1 heterocycles. The van der Waals surface area contributed by atoms with Crippen LogP contribution in [0.15, 0.2) is 65.3 Å². The highest BCUT2D eigenvalue weighted by Crippen LogP contribution is 2.31. The Kier molecular flexibility index (Phi) is 4.65. The van der Waals surface area contributed by atoms with E-state index in [1.165, 1.54) is 10.9 Å². The van der Waals surface area contributed by atoms with Crippen LogP contribution in [0.2, 0.25) is 0 Å². The van der Waals surface area contributed by atoms with Crippen molar-refractivity contribution in [2.45, 2.75) is 19.9 Å². The van der Waals surface area contributed by atoms with Crippen molar-refractivity contribution in [1.82, 2.24) is 0 Å². The summed E-state index contributed by atoms with van der Waals surface area (Å²) in [6.07, 6.45) is 4.84. The van der Waals surface area contributed by atoms with Crippen molar-refractivity contribution in [3.8, 4) is 16.9 Å². The Morgan fingerprint density at radius 3 is 2.63 bits per heavy atom. The van der Waals surface area contributed by atoms with Crippen LogP contribution in [-0.2, 0) is 6.54 Å². The van der Waals surface area contributed by atoms with E-state index in [2.05, 4.69) is 48.3 Å². The number of hydrogen-bond donors (Lipinski definition) is 2. The van der Waals surface area contributed by atoms with Crippen LogP contribution in [0.5, 0.6) is 5.75 Å². The quantitative estimate of drug-likeness (QED) is 0.656. The third-order valence-electron chi connectivity index (χ3n) is 4.89. The van der Waals surface area contributed by atoms with E-state index < -0.39 is 0 Å². The molecule has 4 heteroatoms. The molecule has 4 N–H and O–H groups in total. The average molecular weight is 357 g/mol. The standard InChI is InChI=1S/C23H23N3O/c1-15-9-20(25)12-18-10-16(4-6-22(15)18)17-5-7-23(19(11-17)13-24)27-14-21-3-2-8-26-21/h3-12H,2,13-14,24-25H2,1H3. The Morgan fingerprint density at radius 2 is 1.85 bits per heavy atom. The molecular weight excluding hydrogens is 334 g/mol. The van der Waals surface area contributed by atoms with Crippen LogP contribution in [0.1, 0.15) is 17.5 Å². The largest absolute Gasteiger partial charge is 0.487 e. The average Bonchev–Trinajstić information content (AvgIpc) is 3.19. The Morgan fingerprint density at radius 1 is 1.04 bits per heavy atom. The Balaban J connectivity index is 1.65. The van der Waals surface area contributed by atoms with Gasteiger partial charge in [-0.05, 0) is 64.7 Å². The summed E-state index contributed by atoms with van der Waals surface area (Å²) < 4.78 is 5.93. The number of nitrogens with zero attached hydrogens (tertiary/aromatic N) is 1. The molecule has 136 valence electrons. The number of fused-ring (bicyclic) bond motifs is 1. The highest BCUT2D eigenvalue weighted by Gasteiger charge is 2.09. The first-order valence-corrected chi connectivity index (χ1v) is 9.11. The van der Waals surface area contributed by atoms with Gasteiger partial charge in [-0.25, -0.2) is 0 Å². The second-order valence-corrected chi connectivity index (χ2v) is 6.83. The molecule has 0 saturated heterocycles. The van der Waals surface area contributed by atoms with Crippen LogP contribution in [0.3, 0.4) is 0 Å². The zero-order chi connectivity index (χ0) is 18.8. The van der Waals surface area contributed by atoms with E-state index >= 15 is 0 Å². The summed E-state index contributed by atoms with van der Waals surface area (Å²) >= 11 is 0. The molecule has 1 aliphatic rings. The smallest absolute Gasteiger partial charge is 0.130 e. The minimum atomic E-state index is 0.422. The lowest BCUT2D eigenvalue weighted by Gasteiger charge is -2.13. The van der Waals surface area contributed by atoms with Crippen molar-refractivity contribution in [2.75, 3.05) is 12.3 Å². The van der Waals surface area contributed by atoms with Crippen molar-refractivity contribution < 1.29 is 4.74 Å². The molecule has 0 amide bonds. The highest BCUT2D eigenvalue weighted by molar-refractivity contribution is 5.92. The van der Waals surface area contributed by atoms with E-state index in [1.807, 2.05) is 24.4 Å². The highest BCUT2D eigenvalue weighted by atomic mass is 16.5. The van der Waals surface area contributed by atoms with Gasteiger partial charge in [-0.3, -0.25) is 4.99 Å². The van der Waals surface area contributed by atoms with Crippen LogP contribution in [0.25, 0.3) is 21.9 Å². The predicted octanol–water partition coefficient (Wildman–Crippen LogP) is 4.59.